The van der Waals surface area contributed by atoms with Crippen molar-refractivity contribution >= 4 is 28.4 Å². The zero-order chi connectivity index (χ0) is 20.3. The molecule has 0 aliphatic heterocycles. The summed E-state index contributed by atoms with van der Waals surface area (Å²) in [4.78, 5) is 12.6. The summed E-state index contributed by atoms with van der Waals surface area (Å²) in [6, 6.07) is 21.0. The van der Waals surface area contributed by atoms with Crippen molar-refractivity contribution in [1.29, 1.82) is 0 Å². The zero-order valence-corrected chi connectivity index (χ0v) is 16.8. The maximum atomic E-state index is 6.26. The summed E-state index contributed by atoms with van der Waals surface area (Å²) in [5.41, 5.74) is 10.6. The molecule has 2 aromatic heterocycles. The lowest BCUT2D eigenvalue weighted by Crippen LogP contribution is -2.42. The monoisotopic (exact) mass is 398 g/mol. The number of rotatable bonds is 5. The molecule has 0 radical (unpaired) electrons. The Kier molecular flexibility index (Phi) is 5.07. The average Bonchev–Trinajstić information content (AvgIpc) is 3.22. The first-order chi connectivity index (χ1) is 14.8. The van der Waals surface area contributed by atoms with Gasteiger partial charge in [0.1, 0.15) is 5.82 Å². The second kappa shape index (κ2) is 8.16. The summed E-state index contributed by atoms with van der Waals surface area (Å²) < 4.78 is 0. The minimum Gasteiger partial charge on any atom is -0.354 e. The normalized spacial score (nSPS) is 19.0. The third-order valence-corrected chi connectivity index (χ3v) is 5.80. The highest BCUT2D eigenvalue weighted by molar-refractivity contribution is 5.96. The molecule has 2 heterocycles. The van der Waals surface area contributed by atoms with E-state index in [1.54, 1.807) is 6.20 Å². The number of nitrogens with zero attached hydrogens (tertiary/aromatic N) is 2. The van der Waals surface area contributed by atoms with Gasteiger partial charge in [-0.05, 0) is 42.7 Å². The van der Waals surface area contributed by atoms with Crippen LogP contribution in [0.25, 0.3) is 22.2 Å². The Morgan fingerprint density at radius 3 is 2.70 bits per heavy atom. The highest BCUT2D eigenvalue weighted by Gasteiger charge is 2.22. The molecule has 2 aromatic carbocycles. The smallest absolute Gasteiger partial charge is 0.224 e. The van der Waals surface area contributed by atoms with Crippen LogP contribution in [0.5, 0.6) is 0 Å². The van der Waals surface area contributed by atoms with Gasteiger partial charge < -0.3 is 21.4 Å². The van der Waals surface area contributed by atoms with Crippen molar-refractivity contribution in [3.63, 3.8) is 0 Å². The molecule has 1 aliphatic rings. The molecule has 1 saturated carbocycles. The number of H-pyrrole nitrogens is 1. The number of nitrogens with one attached hydrogen (secondary N) is 3. The highest BCUT2D eigenvalue weighted by Crippen LogP contribution is 2.30. The zero-order valence-electron chi connectivity index (χ0n) is 16.8. The van der Waals surface area contributed by atoms with Gasteiger partial charge in [0.05, 0.1) is 0 Å². The van der Waals surface area contributed by atoms with Gasteiger partial charge in [-0.1, -0.05) is 49.2 Å². The van der Waals surface area contributed by atoms with E-state index < -0.39 is 0 Å². The van der Waals surface area contributed by atoms with Gasteiger partial charge in [0.2, 0.25) is 5.95 Å². The van der Waals surface area contributed by atoms with Gasteiger partial charge in [0.15, 0.2) is 0 Å². The van der Waals surface area contributed by atoms with Crippen LogP contribution >= 0.6 is 0 Å². The van der Waals surface area contributed by atoms with E-state index in [2.05, 4.69) is 55.9 Å². The Labute approximate surface area is 175 Å². The van der Waals surface area contributed by atoms with Crippen LogP contribution in [-0.4, -0.2) is 27.0 Å². The fraction of sp³-hybridized carbons (Fsp3) is 0.250. The molecule has 1 aliphatic carbocycles. The van der Waals surface area contributed by atoms with Crippen LogP contribution in [0.4, 0.5) is 17.5 Å². The first-order valence-electron chi connectivity index (χ1n) is 10.6. The molecule has 6 nitrogen and oxygen atoms in total. The lowest BCUT2D eigenvalue weighted by Gasteiger charge is -2.29. The molecule has 0 saturated heterocycles. The van der Waals surface area contributed by atoms with E-state index in [9.17, 15) is 0 Å². The average molecular weight is 399 g/mol. The summed E-state index contributed by atoms with van der Waals surface area (Å²) in [7, 11) is 0. The fourth-order valence-corrected chi connectivity index (χ4v) is 4.18. The SMILES string of the molecule is N[C@H]1CCCC[C@H]1Nc1nccc(Nc2cccc3[nH]c(-c4ccccc4)cc23)n1. The van der Waals surface area contributed by atoms with Crippen molar-refractivity contribution in [2.24, 2.45) is 5.73 Å². The summed E-state index contributed by atoms with van der Waals surface area (Å²) >= 11 is 0. The largest absolute Gasteiger partial charge is 0.354 e. The number of fused-ring (bicyclic) bond motifs is 1. The molecular formula is C24H26N6. The van der Waals surface area contributed by atoms with Crippen LogP contribution in [0.15, 0.2) is 66.9 Å². The molecule has 1 fully saturated rings. The number of nitrogens with two attached hydrogens (primary N) is 1. The number of aromatic amines is 1. The van der Waals surface area contributed by atoms with Crippen molar-refractivity contribution in [2.75, 3.05) is 10.6 Å². The molecule has 4 aromatic rings. The van der Waals surface area contributed by atoms with Crippen LogP contribution in [0.1, 0.15) is 25.7 Å². The quantitative estimate of drug-likeness (QED) is 0.378. The maximum absolute atomic E-state index is 6.26. The summed E-state index contributed by atoms with van der Waals surface area (Å²) in [5.74, 6) is 1.38. The predicted molar refractivity (Wildman–Crippen MR) is 123 cm³/mol. The van der Waals surface area contributed by atoms with Crippen LogP contribution in [0.2, 0.25) is 0 Å². The molecular weight excluding hydrogens is 372 g/mol. The van der Waals surface area contributed by atoms with Crippen molar-refractivity contribution in [3.05, 3.63) is 66.9 Å². The minimum atomic E-state index is 0.156. The lowest BCUT2D eigenvalue weighted by atomic mass is 9.91. The van der Waals surface area contributed by atoms with E-state index in [-0.39, 0.29) is 12.1 Å². The Morgan fingerprint density at radius 1 is 0.967 bits per heavy atom. The predicted octanol–water partition coefficient (Wildman–Crippen LogP) is 5.05. The van der Waals surface area contributed by atoms with Crippen LogP contribution in [0.3, 0.4) is 0 Å². The number of hydrogen-bond acceptors (Lipinski definition) is 5. The van der Waals surface area contributed by atoms with Gasteiger partial charge in [0.25, 0.3) is 0 Å². The van der Waals surface area contributed by atoms with Gasteiger partial charge in [-0.3, -0.25) is 0 Å². The number of benzene rings is 2. The van der Waals surface area contributed by atoms with E-state index in [4.69, 9.17) is 5.73 Å². The van der Waals surface area contributed by atoms with Crippen molar-refractivity contribution in [2.45, 2.75) is 37.8 Å². The Balaban J connectivity index is 1.40. The van der Waals surface area contributed by atoms with E-state index in [0.717, 1.165) is 46.5 Å². The first-order valence-corrected chi connectivity index (χ1v) is 10.6. The Morgan fingerprint density at radius 2 is 1.83 bits per heavy atom. The van der Waals surface area contributed by atoms with Gasteiger partial charge in [-0.25, -0.2) is 4.98 Å². The van der Waals surface area contributed by atoms with Crippen molar-refractivity contribution < 1.29 is 0 Å². The number of anilines is 3. The van der Waals surface area contributed by atoms with Gasteiger partial charge >= 0.3 is 0 Å². The van der Waals surface area contributed by atoms with Crippen LogP contribution < -0.4 is 16.4 Å². The van der Waals surface area contributed by atoms with Crippen LogP contribution in [-0.2, 0) is 0 Å². The highest BCUT2D eigenvalue weighted by atomic mass is 15.2. The van der Waals surface area contributed by atoms with E-state index in [1.165, 1.54) is 12.8 Å². The molecule has 0 amide bonds. The molecule has 5 rings (SSSR count). The first kappa shape index (κ1) is 18.6. The summed E-state index contributed by atoms with van der Waals surface area (Å²) in [6.07, 6.45) is 6.29. The van der Waals surface area contributed by atoms with Gasteiger partial charge in [-0.15, -0.1) is 0 Å². The van der Waals surface area contributed by atoms with E-state index >= 15 is 0 Å². The third kappa shape index (κ3) is 3.86. The fourth-order valence-electron chi connectivity index (χ4n) is 4.18. The Bertz CT molecular complexity index is 1140. The molecule has 30 heavy (non-hydrogen) atoms. The molecule has 2 atom stereocenters. The Hall–Kier alpha value is -3.38. The molecule has 152 valence electrons. The van der Waals surface area contributed by atoms with Crippen molar-refractivity contribution in [1.82, 2.24) is 15.0 Å². The number of aromatic nitrogens is 3. The standard InChI is InChI=1S/C24H26N6/c25-18-9-4-5-10-21(18)29-24-26-14-13-23(30-24)28-20-12-6-11-19-17(20)15-22(27-19)16-7-2-1-3-8-16/h1-3,6-8,11-15,18,21,27H,4-5,9-10,25H2,(H2,26,28,29,30)/t18-,21+/m0/s1. The van der Waals surface area contributed by atoms with Gasteiger partial charge in [-0.2, -0.15) is 4.98 Å². The molecule has 6 heteroatoms. The van der Waals surface area contributed by atoms with Gasteiger partial charge in [0, 0.05) is 40.6 Å². The summed E-state index contributed by atoms with van der Waals surface area (Å²) in [6.45, 7) is 0. The molecule has 5 N–H and O–H groups in total. The van der Waals surface area contributed by atoms with E-state index in [1.807, 2.05) is 30.3 Å². The third-order valence-electron chi connectivity index (χ3n) is 5.80. The van der Waals surface area contributed by atoms with E-state index in [0.29, 0.717) is 5.95 Å². The summed E-state index contributed by atoms with van der Waals surface area (Å²) in [5, 5.41) is 8.01. The van der Waals surface area contributed by atoms with Crippen molar-refractivity contribution in [3.8, 4) is 11.3 Å². The lowest BCUT2D eigenvalue weighted by molar-refractivity contribution is 0.402. The topological polar surface area (TPSA) is 91.6 Å². The number of hydrogen-bond donors (Lipinski definition) is 4. The molecule has 0 spiro atoms. The molecule has 0 bridgehead atoms. The second-order valence-corrected chi connectivity index (χ2v) is 7.91. The molecule has 0 unspecified atom stereocenters. The second-order valence-electron chi connectivity index (χ2n) is 7.91. The van der Waals surface area contributed by atoms with Crippen LogP contribution in [0, 0.1) is 0 Å². The minimum absolute atomic E-state index is 0.156. The maximum Gasteiger partial charge on any atom is 0.224 e.